The van der Waals surface area contributed by atoms with Crippen LogP contribution in [-0.2, 0) is 15.8 Å². The number of methoxy groups -OCH3 is 1. The minimum absolute atomic E-state index is 0.112. The van der Waals surface area contributed by atoms with Crippen molar-refractivity contribution in [3.63, 3.8) is 0 Å². The molecule has 1 aromatic rings. The van der Waals surface area contributed by atoms with Gasteiger partial charge in [0.2, 0.25) is 0 Å². The minimum Gasteiger partial charge on any atom is -0.464 e. The van der Waals surface area contributed by atoms with Gasteiger partial charge in [0.05, 0.1) is 19.4 Å². The van der Waals surface area contributed by atoms with Crippen LogP contribution in [0.15, 0.2) is 12.4 Å². The number of carbonyl (C=O) groups is 1. The van der Waals surface area contributed by atoms with Gasteiger partial charge in [0.15, 0.2) is 14.0 Å². The van der Waals surface area contributed by atoms with Crippen molar-refractivity contribution in [2.24, 2.45) is 0 Å². The lowest BCUT2D eigenvalue weighted by atomic mass is 10.2. The van der Waals surface area contributed by atoms with E-state index in [1.54, 1.807) is 6.20 Å². The summed E-state index contributed by atoms with van der Waals surface area (Å²) in [5.41, 5.74) is 0.753. The highest BCUT2D eigenvalue weighted by molar-refractivity contribution is 6.74. The average Bonchev–Trinajstić information content (AvgIpc) is 2.34. The minimum atomic E-state index is -1.88. The Hall–Kier alpha value is -1.27. The van der Waals surface area contributed by atoms with Crippen LogP contribution >= 0.6 is 0 Å². The average molecular weight is 282 g/mol. The standard InChI is InChI=1S/C13H22N2O3Si/c1-13(2,3)19(5,6)18-9-10-11(12(16)17-4)15-8-7-14-10/h7-8H,9H2,1-6H3. The third-order valence-corrected chi connectivity index (χ3v) is 8.01. The van der Waals surface area contributed by atoms with Gasteiger partial charge in [0, 0.05) is 12.4 Å². The molecule has 1 rings (SSSR count). The van der Waals surface area contributed by atoms with Crippen LogP contribution < -0.4 is 0 Å². The fraction of sp³-hybridized carbons (Fsp3) is 0.615. The van der Waals surface area contributed by atoms with Gasteiger partial charge in [-0.1, -0.05) is 20.8 Å². The summed E-state index contributed by atoms with van der Waals surface area (Å²) in [5, 5.41) is 0.112. The Morgan fingerprint density at radius 3 is 2.37 bits per heavy atom. The van der Waals surface area contributed by atoms with Crippen molar-refractivity contribution in [1.82, 2.24) is 9.97 Å². The molecule has 19 heavy (non-hydrogen) atoms. The van der Waals surface area contributed by atoms with E-state index in [9.17, 15) is 4.79 Å². The number of nitrogens with zero attached hydrogens (tertiary/aromatic N) is 2. The van der Waals surface area contributed by atoms with Gasteiger partial charge < -0.3 is 9.16 Å². The second kappa shape index (κ2) is 5.79. The van der Waals surface area contributed by atoms with E-state index in [1.165, 1.54) is 13.3 Å². The van der Waals surface area contributed by atoms with E-state index in [4.69, 9.17) is 9.16 Å². The molecule has 0 saturated heterocycles. The predicted molar refractivity (Wildman–Crippen MR) is 75.4 cm³/mol. The maximum absolute atomic E-state index is 11.6. The Morgan fingerprint density at radius 2 is 1.84 bits per heavy atom. The summed E-state index contributed by atoms with van der Waals surface area (Å²) >= 11 is 0. The second-order valence-corrected chi connectivity index (χ2v) is 10.7. The molecule has 0 atom stereocenters. The highest BCUT2D eigenvalue weighted by atomic mass is 28.4. The largest absolute Gasteiger partial charge is 0.464 e. The molecule has 0 bridgehead atoms. The summed E-state index contributed by atoms with van der Waals surface area (Å²) in [7, 11) is -0.547. The Balaban J connectivity index is 2.87. The molecule has 0 unspecified atom stereocenters. The molecular formula is C13H22N2O3Si. The van der Waals surface area contributed by atoms with Crippen LogP contribution in [0.25, 0.3) is 0 Å². The number of ether oxygens (including phenoxy) is 1. The van der Waals surface area contributed by atoms with Crippen LogP contribution in [-0.4, -0.2) is 31.4 Å². The molecule has 0 spiro atoms. The van der Waals surface area contributed by atoms with Crippen molar-refractivity contribution in [3.8, 4) is 0 Å². The Bertz CT molecular complexity index is 455. The molecule has 0 aliphatic heterocycles. The maximum Gasteiger partial charge on any atom is 0.358 e. The van der Waals surface area contributed by atoms with Crippen molar-refractivity contribution in [2.75, 3.05) is 7.11 Å². The molecule has 0 saturated carbocycles. The summed E-state index contributed by atoms with van der Waals surface area (Å²) in [6, 6.07) is 0. The van der Waals surface area contributed by atoms with Crippen LogP contribution in [0.1, 0.15) is 37.0 Å². The van der Waals surface area contributed by atoms with Gasteiger partial charge >= 0.3 is 5.97 Å². The zero-order chi connectivity index (χ0) is 14.7. The van der Waals surface area contributed by atoms with Crippen LogP contribution in [0.5, 0.6) is 0 Å². The van der Waals surface area contributed by atoms with E-state index >= 15 is 0 Å². The van der Waals surface area contributed by atoms with Crippen molar-refractivity contribution < 1.29 is 14.0 Å². The zero-order valence-corrected chi connectivity index (χ0v) is 13.5. The van der Waals surface area contributed by atoms with E-state index < -0.39 is 14.3 Å². The first-order valence-corrected chi connectivity index (χ1v) is 9.12. The van der Waals surface area contributed by atoms with Crippen LogP contribution in [0.2, 0.25) is 18.1 Å². The molecule has 6 heteroatoms. The van der Waals surface area contributed by atoms with E-state index in [-0.39, 0.29) is 17.3 Å². The number of hydrogen-bond acceptors (Lipinski definition) is 5. The van der Waals surface area contributed by atoms with Gasteiger partial charge in [-0.05, 0) is 18.1 Å². The Labute approximate surface area is 115 Å². The molecule has 0 radical (unpaired) electrons. The number of hydrogen-bond donors (Lipinski definition) is 0. The number of aromatic nitrogens is 2. The maximum atomic E-state index is 11.6. The Morgan fingerprint density at radius 1 is 1.26 bits per heavy atom. The van der Waals surface area contributed by atoms with Crippen molar-refractivity contribution in [2.45, 2.75) is 45.5 Å². The number of esters is 1. The first-order valence-electron chi connectivity index (χ1n) is 6.21. The fourth-order valence-electron chi connectivity index (χ4n) is 1.20. The van der Waals surface area contributed by atoms with Gasteiger partial charge in [-0.25, -0.2) is 9.78 Å². The summed E-state index contributed by atoms with van der Waals surface area (Å²) in [5.74, 6) is -0.484. The number of rotatable bonds is 4. The SMILES string of the molecule is COC(=O)c1nccnc1CO[Si](C)(C)C(C)(C)C. The Kier molecular flexibility index (Phi) is 4.81. The molecule has 0 N–H and O–H groups in total. The molecule has 1 aromatic heterocycles. The van der Waals surface area contributed by atoms with E-state index in [2.05, 4.69) is 43.8 Å². The smallest absolute Gasteiger partial charge is 0.358 e. The molecule has 106 valence electrons. The lowest BCUT2D eigenvalue weighted by molar-refractivity contribution is 0.0589. The van der Waals surface area contributed by atoms with E-state index in [0.29, 0.717) is 5.69 Å². The first kappa shape index (κ1) is 15.8. The number of carbonyl (C=O) groups excluding carboxylic acids is 1. The van der Waals surface area contributed by atoms with Gasteiger partial charge in [-0.2, -0.15) is 0 Å². The highest BCUT2D eigenvalue weighted by Crippen LogP contribution is 2.37. The fourth-order valence-corrected chi connectivity index (χ4v) is 2.14. The lowest BCUT2D eigenvalue weighted by Crippen LogP contribution is -2.40. The van der Waals surface area contributed by atoms with Crippen molar-refractivity contribution in [1.29, 1.82) is 0 Å². The summed E-state index contributed by atoms with van der Waals surface area (Å²) < 4.78 is 10.7. The molecule has 0 aromatic carbocycles. The summed E-state index contributed by atoms with van der Waals surface area (Å²) in [4.78, 5) is 19.8. The van der Waals surface area contributed by atoms with E-state index in [0.717, 1.165) is 0 Å². The van der Waals surface area contributed by atoms with Crippen LogP contribution in [0.3, 0.4) is 0 Å². The van der Waals surface area contributed by atoms with Crippen LogP contribution in [0.4, 0.5) is 0 Å². The monoisotopic (exact) mass is 282 g/mol. The molecule has 1 heterocycles. The van der Waals surface area contributed by atoms with Gasteiger partial charge in [-0.3, -0.25) is 4.98 Å². The molecule has 0 aliphatic carbocycles. The third kappa shape index (κ3) is 3.84. The lowest BCUT2D eigenvalue weighted by Gasteiger charge is -2.36. The molecule has 0 aliphatic rings. The predicted octanol–water partition coefficient (Wildman–Crippen LogP) is 2.79. The van der Waals surface area contributed by atoms with Crippen molar-refractivity contribution >= 4 is 14.3 Å². The third-order valence-electron chi connectivity index (χ3n) is 3.53. The van der Waals surface area contributed by atoms with Gasteiger partial charge in [0.25, 0.3) is 0 Å². The van der Waals surface area contributed by atoms with Crippen molar-refractivity contribution in [3.05, 3.63) is 23.8 Å². The second-order valence-electron chi connectivity index (χ2n) is 5.89. The zero-order valence-electron chi connectivity index (χ0n) is 12.5. The molecule has 5 nitrogen and oxygen atoms in total. The van der Waals surface area contributed by atoms with Crippen LogP contribution in [0, 0.1) is 0 Å². The summed E-state index contributed by atoms with van der Waals surface area (Å²) in [6.45, 7) is 11.1. The van der Waals surface area contributed by atoms with E-state index in [1.807, 2.05) is 0 Å². The molecule has 0 fully saturated rings. The molecule has 0 amide bonds. The molecular weight excluding hydrogens is 260 g/mol. The quantitative estimate of drug-likeness (QED) is 0.627. The van der Waals surface area contributed by atoms with Gasteiger partial charge in [-0.15, -0.1) is 0 Å². The van der Waals surface area contributed by atoms with Gasteiger partial charge in [0.1, 0.15) is 0 Å². The summed E-state index contributed by atoms with van der Waals surface area (Å²) in [6.07, 6.45) is 3.03. The normalized spacial score (nSPS) is 12.3. The highest BCUT2D eigenvalue weighted by Gasteiger charge is 2.37. The first-order chi connectivity index (χ1) is 8.69. The topological polar surface area (TPSA) is 61.3 Å².